The average molecular weight is 739 g/mol. The van der Waals surface area contributed by atoms with Crippen LogP contribution in [0, 0.1) is 18.8 Å². The predicted molar refractivity (Wildman–Crippen MR) is 150 cm³/mol. The maximum atomic E-state index is 14.7. The van der Waals surface area contributed by atoms with Gasteiger partial charge in [0, 0.05) is 5.33 Å². The van der Waals surface area contributed by atoms with E-state index in [1.165, 1.54) is 49.9 Å². The Morgan fingerprint density at radius 3 is 1.68 bits per heavy atom. The van der Waals surface area contributed by atoms with Gasteiger partial charge in [0.1, 0.15) is 0 Å². The third kappa shape index (κ3) is 10.7. The Hall–Kier alpha value is -1.25. The molecule has 0 radical (unpaired) electrons. The van der Waals surface area contributed by atoms with E-state index in [4.69, 9.17) is 2.51 Å². The summed E-state index contributed by atoms with van der Waals surface area (Å²) in [6.07, 6.45) is 9.79. The molecule has 0 fully saturated rings. The number of carbonyl (C=O) groups excluding carboxylic acids is 1. The summed E-state index contributed by atoms with van der Waals surface area (Å²) < 4.78 is 91.3. The molecule has 0 aromatic heterocycles. The Balaban J connectivity index is 1.90. The molecule has 2 aromatic carbocycles. The Morgan fingerprint density at radius 2 is 1.24 bits per heavy atom. The van der Waals surface area contributed by atoms with Crippen LogP contribution < -0.4 is 0 Å². The first kappa shape index (κ1) is 33.0. The summed E-state index contributed by atoms with van der Waals surface area (Å²) in [4.78, 5) is 12.0. The van der Waals surface area contributed by atoms with Gasteiger partial charge in [-0.05, 0) is 6.42 Å². The van der Waals surface area contributed by atoms with Crippen molar-refractivity contribution in [2.75, 3.05) is 11.9 Å². The third-order valence-electron chi connectivity index (χ3n) is 5.43. The van der Waals surface area contributed by atoms with E-state index in [2.05, 4.69) is 20.7 Å². The number of hydrogen-bond acceptors (Lipinski definition) is 5. The fourth-order valence-corrected chi connectivity index (χ4v) is 10.8. The van der Waals surface area contributed by atoms with Crippen molar-refractivity contribution in [1.29, 1.82) is 0 Å². The van der Waals surface area contributed by atoms with Gasteiger partial charge >= 0.3 is 192 Å². The van der Waals surface area contributed by atoms with Gasteiger partial charge < -0.3 is 0 Å². The molecule has 0 saturated carbocycles. The Bertz CT molecular complexity index is 1070. The predicted octanol–water partition coefficient (Wildman–Crippen LogP) is 8.20. The molecule has 0 atom stereocenters. The molecule has 0 amide bonds. The second kappa shape index (κ2) is 16.8. The van der Waals surface area contributed by atoms with Crippen molar-refractivity contribution < 1.29 is 38.0 Å². The molecule has 214 valence electrons. The first-order chi connectivity index (χ1) is 18.1. The summed E-state index contributed by atoms with van der Waals surface area (Å²) >= 11 is -0.414. The van der Waals surface area contributed by atoms with Crippen LogP contribution in [0.5, 0.6) is 0 Å². The molecule has 0 unspecified atom stereocenters. The molecular formula is C26H32BrF4IO5S. The van der Waals surface area contributed by atoms with E-state index in [0.29, 0.717) is 12.8 Å². The summed E-state index contributed by atoms with van der Waals surface area (Å²) in [6.45, 7) is -0.355. The number of esters is 1. The molecule has 5 nitrogen and oxygen atoms in total. The summed E-state index contributed by atoms with van der Waals surface area (Å²) in [5, 5.41) is -3.97. The molecule has 0 bridgehead atoms. The second-order valence-electron chi connectivity index (χ2n) is 8.52. The molecule has 0 aliphatic carbocycles. The van der Waals surface area contributed by atoms with E-state index in [1.54, 1.807) is 0 Å². The number of unbranched alkanes of at least 4 members (excludes halogenated alkanes) is 9. The van der Waals surface area contributed by atoms with E-state index in [-0.39, 0.29) is 13.7 Å². The number of carbonyl (C=O) groups is 1. The summed E-state index contributed by atoms with van der Waals surface area (Å²) in [5.74, 6) is -3.74. The molecule has 2 aromatic rings. The molecule has 2 rings (SSSR count). The zero-order chi connectivity index (χ0) is 28.0. The minimum atomic E-state index is -5.83. The van der Waals surface area contributed by atoms with Crippen LogP contribution in [0.1, 0.15) is 64.2 Å². The van der Waals surface area contributed by atoms with Crippen molar-refractivity contribution in [3.8, 4) is 0 Å². The van der Waals surface area contributed by atoms with E-state index in [0.717, 1.165) is 55.3 Å². The molecule has 0 saturated heterocycles. The monoisotopic (exact) mass is 738 g/mol. The third-order valence-corrected chi connectivity index (χ3v) is 13.2. The van der Waals surface area contributed by atoms with Gasteiger partial charge in [0.15, 0.2) is 0 Å². The van der Waals surface area contributed by atoms with Gasteiger partial charge in [-0.2, -0.15) is 0 Å². The fourth-order valence-electron chi connectivity index (χ4n) is 3.42. The average Bonchev–Trinajstić information content (AvgIpc) is 2.87. The van der Waals surface area contributed by atoms with E-state index in [1.807, 2.05) is 0 Å². The molecule has 0 N–H and O–H groups in total. The summed E-state index contributed by atoms with van der Waals surface area (Å²) in [6, 6.07) is 9.14. The first-order valence-corrected chi connectivity index (χ1v) is 17.9. The number of ether oxygens (including phenoxy) is 1. The van der Waals surface area contributed by atoms with Crippen LogP contribution in [0.15, 0.2) is 48.5 Å². The van der Waals surface area contributed by atoms with Crippen molar-refractivity contribution in [3.63, 3.8) is 0 Å². The van der Waals surface area contributed by atoms with Gasteiger partial charge in [-0.15, -0.1) is 0 Å². The van der Waals surface area contributed by atoms with Crippen LogP contribution in [0.4, 0.5) is 17.6 Å². The first-order valence-electron chi connectivity index (χ1n) is 12.3. The van der Waals surface area contributed by atoms with Crippen LogP contribution in [-0.4, -0.2) is 31.6 Å². The Labute approximate surface area is 237 Å². The normalized spacial score (nSPS) is 12.4. The Morgan fingerprint density at radius 1 is 0.789 bits per heavy atom. The van der Waals surface area contributed by atoms with E-state index >= 15 is 0 Å². The number of benzene rings is 2. The van der Waals surface area contributed by atoms with Crippen LogP contribution >= 0.6 is 36.2 Å². The number of alkyl halides is 3. The van der Waals surface area contributed by atoms with Gasteiger partial charge in [0.2, 0.25) is 0 Å². The standard InChI is InChI=1S/C26H32BrF4IO5S/c27-17-9-7-5-3-1-2-4-6-8-10-18-36-25(33)26(30,31)38(34,35)37-32(23-15-11-13-21(28)19-23)24-16-12-14-22(29)20-24/h11-16,19-20H,1-10,17-18H2. The summed E-state index contributed by atoms with van der Waals surface area (Å²) in [5.41, 5.74) is 0. The Kier molecular flexibility index (Phi) is 14.5. The van der Waals surface area contributed by atoms with Crippen molar-refractivity contribution >= 4 is 52.3 Å². The quantitative estimate of drug-likeness (QED) is 0.0507. The fraction of sp³-hybridized carbons (Fsp3) is 0.500. The minimum absolute atomic E-state index is 0.00789. The van der Waals surface area contributed by atoms with Crippen LogP contribution in [0.2, 0.25) is 0 Å². The molecule has 0 aliphatic rings. The molecule has 0 heterocycles. The number of halogens is 6. The zero-order valence-corrected chi connectivity index (χ0v) is 25.4. The van der Waals surface area contributed by atoms with Crippen LogP contribution in [0.3, 0.4) is 0 Å². The van der Waals surface area contributed by atoms with Gasteiger partial charge in [-0.25, -0.2) is 0 Å². The van der Waals surface area contributed by atoms with Gasteiger partial charge in [0.05, 0.1) is 0 Å². The van der Waals surface area contributed by atoms with Crippen molar-refractivity contribution in [2.24, 2.45) is 0 Å². The van der Waals surface area contributed by atoms with E-state index in [9.17, 15) is 30.8 Å². The zero-order valence-electron chi connectivity index (χ0n) is 20.8. The van der Waals surface area contributed by atoms with E-state index < -0.39 is 53.2 Å². The van der Waals surface area contributed by atoms with Gasteiger partial charge in [-0.1, -0.05) is 35.2 Å². The van der Waals surface area contributed by atoms with Crippen molar-refractivity contribution in [3.05, 3.63) is 67.3 Å². The van der Waals surface area contributed by atoms with Gasteiger partial charge in [-0.3, -0.25) is 0 Å². The molecule has 0 aliphatic heterocycles. The summed E-state index contributed by atoms with van der Waals surface area (Å²) in [7, 11) is -5.83. The van der Waals surface area contributed by atoms with Crippen molar-refractivity contribution in [1.82, 2.24) is 0 Å². The SMILES string of the molecule is O=C(OCCCCCCCCCCCCBr)C(F)(F)S(=O)(=O)OI(c1cccc(F)c1)c1cccc(F)c1. The van der Waals surface area contributed by atoms with Crippen molar-refractivity contribution in [2.45, 2.75) is 69.5 Å². The van der Waals surface area contributed by atoms with Crippen LogP contribution in [-0.2, 0) is 22.2 Å². The number of rotatable bonds is 18. The molecule has 38 heavy (non-hydrogen) atoms. The second-order valence-corrected chi connectivity index (χ2v) is 15.9. The van der Waals surface area contributed by atoms with Crippen LogP contribution in [0.25, 0.3) is 0 Å². The maximum absolute atomic E-state index is 14.7. The number of hydrogen-bond donors (Lipinski definition) is 0. The topological polar surface area (TPSA) is 69.7 Å². The molecule has 12 heteroatoms. The van der Waals surface area contributed by atoms with Gasteiger partial charge in [0.25, 0.3) is 0 Å². The molecular weight excluding hydrogens is 707 g/mol. The molecule has 0 spiro atoms.